The number of carbonyl (C=O) groups excluding carboxylic acids is 2. The second-order valence-corrected chi connectivity index (χ2v) is 10.8. The molecule has 194 valence electrons. The molecule has 4 rings (SSSR count). The fourth-order valence-corrected chi connectivity index (χ4v) is 5.47. The Kier molecular flexibility index (Phi) is 8.45. The van der Waals surface area contributed by atoms with Crippen LogP contribution in [0, 0.1) is 5.92 Å². The normalized spacial score (nSPS) is 18.8. The summed E-state index contributed by atoms with van der Waals surface area (Å²) in [6.07, 6.45) is 3.89. The Bertz CT molecular complexity index is 1180. The van der Waals surface area contributed by atoms with E-state index < -0.39 is 11.9 Å². The van der Waals surface area contributed by atoms with Crippen molar-refractivity contribution in [1.82, 2.24) is 10.2 Å². The molecule has 5 heteroatoms. The predicted octanol–water partition coefficient (Wildman–Crippen LogP) is 5.67. The van der Waals surface area contributed by atoms with E-state index >= 15 is 0 Å². The minimum atomic E-state index is -0.817. The molecule has 2 amide bonds. The van der Waals surface area contributed by atoms with E-state index in [2.05, 4.69) is 79.6 Å². The van der Waals surface area contributed by atoms with Crippen LogP contribution in [-0.2, 0) is 21.7 Å². The lowest BCUT2D eigenvalue weighted by Gasteiger charge is -2.36. The van der Waals surface area contributed by atoms with Gasteiger partial charge in [-0.3, -0.25) is 14.5 Å². The third-order valence-electron chi connectivity index (χ3n) is 8.07. The quantitative estimate of drug-likeness (QED) is 0.400. The first-order valence-electron chi connectivity index (χ1n) is 13.3. The SMILES string of the molecule is CN(Cc1ccc([C@H]2CCCC[C@@H]2C(=O)N[C@H](C(N)=O)c2ccccc2)cc1)C(C)(C)c1ccccc1. The van der Waals surface area contributed by atoms with Gasteiger partial charge in [-0.2, -0.15) is 0 Å². The summed E-state index contributed by atoms with van der Waals surface area (Å²) < 4.78 is 0. The number of carbonyl (C=O) groups is 2. The molecule has 0 bridgehead atoms. The molecule has 3 aromatic rings. The summed E-state index contributed by atoms with van der Waals surface area (Å²) >= 11 is 0. The number of rotatable bonds is 9. The van der Waals surface area contributed by atoms with Crippen LogP contribution in [0.25, 0.3) is 0 Å². The summed E-state index contributed by atoms with van der Waals surface area (Å²) in [6, 6.07) is 27.7. The zero-order valence-corrected chi connectivity index (χ0v) is 22.2. The van der Waals surface area contributed by atoms with Crippen molar-refractivity contribution in [2.75, 3.05) is 7.05 Å². The van der Waals surface area contributed by atoms with E-state index in [1.165, 1.54) is 16.7 Å². The molecule has 0 aliphatic heterocycles. The van der Waals surface area contributed by atoms with Gasteiger partial charge in [-0.05, 0) is 61.9 Å². The van der Waals surface area contributed by atoms with Crippen molar-refractivity contribution in [3.8, 4) is 0 Å². The summed E-state index contributed by atoms with van der Waals surface area (Å²) in [7, 11) is 2.16. The van der Waals surface area contributed by atoms with Crippen LogP contribution in [-0.4, -0.2) is 23.8 Å². The highest BCUT2D eigenvalue weighted by atomic mass is 16.2. The highest BCUT2D eigenvalue weighted by molar-refractivity contribution is 5.89. The monoisotopic (exact) mass is 497 g/mol. The van der Waals surface area contributed by atoms with E-state index in [0.717, 1.165) is 32.2 Å². The molecule has 0 spiro atoms. The Hall–Kier alpha value is -3.44. The maximum Gasteiger partial charge on any atom is 0.244 e. The standard InChI is InChI=1S/C32H39N3O2/c1-32(2,26-14-8-5-9-15-26)35(3)22-23-18-20-24(21-19-23)27-16-10-11-17-28(27)31(37)34-29(30(33)36)25-12-6-4-7-13-25/h4-9,12-15,18-21,27-29H,10-11,16-17,22H2,1-3H3,(H2,33,36)(H,34,37)/t27-,28+,29+/m1/s1. The largest absolute Gasteiger partial charge is 0.368 e. The number of hydrogen-bond donors (Lipinski definition) is 2. The number of nitrogens with zero attached hydrogens (tertiary/aromatic N) is 1. The Morgan fingerprint density at radius 2 is 1.51 bits per heavy atom. The average Bonchev–Trinajstić information content (AvgIpc) is 2.92. The molecule has 1 fully saturated rings. The molecule has 1 aliphatic rings. The van der Waals surface area contributed by atoms with Gasteiger partial charge in [0.1, 0.15) is 6.04 Å². The van der Waals surface area contributed by atoms with Gasteiger partial charge in [0.05, 0.1) is 0 Å². The third-order valence-corrected chi connectivity index (χ3v) is 8.07. The van der Waals surface area contributed by atoms with Crippen LogP contribution in [0.2, 0.25) is 0 Å². The van der Waals surface area contributed by atoms with E-state index in [0.29, 0.717) is 5.56 Å². The minimum absolute atomic E-state index is 0.0919. The van der Waals surface area contributed by atoms with Crippen molar-refractivity contribution in [3.05, 3.63) is 107 Å². The maximum absolute atomic E-state index is 13.4. The lowest BCUT2D eigenvalue weighted by molar-refractivity contribution is -0.131. The van der Waals surface area contributed by atoms with Crippen molar-refractivity contribution in [2.45, 2.75) is 63.6 Å². The van der Waals surface area contributed by atoms with E-state index in [1.807, 2.05) is 36.4 Å². The molecule has 1 aliphatic carbocycles. The van der Waals surface area contributed by atoms with Gasteiger partial charge in [0.15, 0.2) is 0 Å². The summed E-state index contributed by atoms with van der Waals surface area (Å²) in [4.78, 5) is 27.9. The first-order chi connectivity index (χ1) is 17.8. The van der Waals surface area contributed by atoms with Gasteiger partial charge in [-0.25, -0.2) is 0 Å². The number of nitrogens with one attached hydrogen (secondary N) is 1. The molecule has 0 aromatic heterocycles. The lowest BCUT2D eigenvalue weighted by atomic mass is 9.74. The summed E-state index contributed by atoms with van der Waals surface area (Å²) in [5.74, 6) is -0.681. The van der Waals surface area contributed by atoms with Crippen LogP contribution in [0.5, 0.6) is 0 Å². The van der Waals surface area contributed by atoms with E-state index in [1.54, 1.807) is 0 Å². The molecule has 3 atom stereocenters. The predicted molar refractivity (Wildman–Crippen MR) is 149 cm³/mol. The second-order valence-electron chi connectivity index (χ2n) is 10.8. The van der Waals surface area contributed by atoms with Crippen LogP contribution < -0.4 is 11.1 Å². The molecule has 1 saturated carbocycles. The van der Waals surface area contributed by atoms with E-state index in [9.17, 15) is 9.59 Å². The summed E-state index contributed by atoms with van der Waals surface area (Å²) in [6.45, 7) is 5.32. The van der Waals surface area contributed by atoms with Gasteiger partial charge < -0.3 is 11.1 Å². The molecule has 0 saturated heterocycles. The molecular formula is C32H39N3O2. The van der Waals surface area contributed by atoms with Gasteiger partial charge in [0.25, 0.3) is 0 Å². The molecule has 5 nitrogen and oxygen atoms in total. The molecule has 37 heavy (non-hydrogen) atoms. The van der Waals surface area contributed by atoms with Gasteiger partial charge in [0, 0.05) is 18.0 Å². The molecular weight excluding hydrogens is 458 g/mol. The van der Waals surface area contributed by atoms with Gasteiger partial charge in [-0.15, -0.1) is 0 Å². The smallest absolute Gasteiger partial charge is 0.244 e. The van der Waals surface area contributed by atoms with Gasteiger partial charge in [-0.1, -0.05) is 97.8 Å². The molecule has 3 aromatic carbocycles. The Morgan fingerprint density at radius 3 is 2.14 bits per heavy atom. The number of hydrogen-bond acceptors (Lipinski definition) is 3. The minimum Gasteiger partial charge on any atom is -0.368 e. The van der Waals surface area contributed by atoms with Crippen LogP contribution in [0.4, 0.5) is 0 Å². The Balaban J connectivity index is 1.46. The van der Waals surface area contributed by atoms with Crippen molar-refractivity contribution >= 4 is 11.8 Å². The first kappa shape index (κ1) is 26.6. The van der Waals surface area contributed by atoms with E-state index in [-0.39, 0.29) is 23.3 Å². The molecule has 3 N–H and O–H groups in total. The topological polar surface area (TPSA) is 75.4 Å². The fourth-order valence-electron chi connectivity index (χ4n) is 5.47. The van der Waals surface area contributed by atoms with E-state index in [4.69, 9.17) is 5.73 Å². The lowest BCUT2D eigenvalue weighted by Crippen LogP contribution is -2.42. The van der Waals surface area contributed by atoms with Crippen molar-refractivity contribution in [2.24, 2.45) is 11.7 Å². The van der Waals surface area contributed by atoms with Gasteiger partial charge in [0.2, 0.25) is 11.8 Å². The van der Waals surface area contributed by atoms with Crippen LogP contribution >= 0.6 is 0 Å². The third kappa shape index (κ3) is 6.28. The first-order valence-corrected chi connectivity index (χ1v) is 13.3. The average molecular weight is 498 g/mol. The molecule has 0 radical (unpaired) electrons. The summed E-state index contributed by atoms with van der Waals surface area (Å²) in [5.41, 5.74) is 9.99. The Morgan fingerprint density at radius 1 is 0.919 bits per heavy atom. The van der Waals surface area contributed by atoms with Crippen LogP contribution in [0.3, 0.4) is 0 Å². The Labute approximate surface area is 221 Å². The number of amides is 2. The maximum atomic E-state index is 13.4. The van der Waals surface area contributed by atoms with Crippen LogP contribution in [0.1, 0.15) is 73.7 Å². The fraction of sp³-hybridized carbons (Fsp3) is 0.375. The highest BCUT2D eigenvalue weighted by Gasteiger charge is 2.34. The zero-order chi connectivity index (χ0) is 26.4. The number of benzene rings is 3. The zero-order valence-electron chi connectivity index (χ0n) is 22.2. The number of nitrogens with two attached hydrogens (primary N) is 1. The van der Waals surface area contributed by atoms with Crippen molar-refractivity contribution in [1.29, 1.82) is 0 Å². The van der Waals surface area contributed by atoms with Crippen molar-refractivity contribution < 1.29 is 9.59 Å². The van der Waals surface area contributed by atoms with Crippen LogP contribution in [0.15, 0.2) is 84.9 Å². The molecule has 0 heterocycles. The number of primary amides is 1. The van der Waals surface area contributed by atoms with Gasteiger partial charge >= 0.3 is 0 Å². The van der Waals surface area contributed by atoms with Crippen molar-refractivity contribution in [3.63, 3.8) is 0 Å². The highest BCUT2D eigenvalue weighted by Crippen LogP contribution is 2.38. The molecule has 0 unspecified atom stereocenters. The summed E-state index contributed by atoms with van der Waals surface area (Å²) in [5, 5.41) is 2.95. The second kappa shape index (κ2) is 11.7.